The molecule has 1 rings (SSSR count). The summed E-state index contributed by atoms with van der Waals surface area (Å²) < 4.78 is 26.1. The topological polar surface area (TPSA) is 18.5 Å². The summed E-state index contributed by atoms with van der Waals surface area (Å²) in [7, 11) is 0. The van der Waals surface area contributed by atoms with Gasteiger partial charge < -0.3 is 9.47 Å². The molecule has 0 aromatic rings. The summed E-state index contributed by atoms with van der Waals surface area (Å²) in [5.41, 5.74) is 0. The minimum absolute atomic E-state index is 0.105. The van der Waals surface area contributed by atoms with Crippen LogP contribution in [0.4, 0.5) is 4.39 Å². The van der Waals surface area contributed by atoms with Crippen molar-refractivity contribution in [2.45, 2.75) is 66.5 Å². The van der Waals surface area contributed by atoms with Gasteiger partial charge in [-0.3, -0.25) is 0 Å². The summed E-state index contributed by atoms with van der Waals surface area (Å²) in [4.78, 5) is 0. The molecule has 0 saturated carbocycles. The lowest BCUT2D eigenvalue weighted by molar-refractivity contribution is -0.146. The maximum atomic E-state index is 14.4. The molecule has 0 aliphatic carbocycles. The molecule has 2 nitrogen and oxygen atoms in total. The van der Waals surface area contributed by atoms with Gasteiger partial charge >= 0.3 is 0 Å². The molecule has 0 spiro atoms. The molecule has 1 aliphatic heterocycles. The molecule has 1 fully saturated rings. The average molecular weight is 284 g/mol. The van der Waals surface area contributed by atoms with E-state index < -0.39 is 5.79 Å². The van der Waals surface area contributed by atoms with Crippen LogP contribution in [0.3, 0.4) is 0 Å². The first-order chi connectivity index (χ1) is 9.18. The predicted octanol–water partition coefficient (Wildman–Crippen LogP) is 4.86. The van der Waals surface area contributed by atoms with Crippen LogP contribution in [0.25, 0.3) is 0 Å². The van der Waals surface area contributed by atoms with Crippen LogP contribution in [-0.4, -0.2) is 18.0 Å². The number of allylic oxidation sites excluding steroid dienone is 2. The second-order valence-corrected chi connectivity index (χ2v) is 6.53. The molecule has 0 amide bonds. The van der Waals surface area contributed by atoms with Gasteiger partial charge in [0.05, 0.1) is 6.10 Å². The fraction of sp³-hybridized carbons (Fsp3) is 0.765. The molecule has 3 heteroatoms. The Kier molecular flexibility index (Phi) is 5.96. The lowest BCUT2D eigenvalue weighted by Crippen LogP contribution is -2.29. The smallest absolute Gasteiger partial charge is 0.164 e. The van der Waals surface area contributed by atoms with Gasteiger partial charge in [0.15, 0.2) is 5.79 Å². The van der Waals surface area contributed by atoms with Gasteiger partial charge in [0.25, 0.3) is 0 Å². The van der Waals surface area contributed by atoms with Crippen molar-refractivity contribution in [2.24, 2.45) is 17.8 Å². The molecule has 0 bridgehead atoms. The van der Waals surface area contributed by atoms with Crippen molar-refractivity contribution in [1.82, 2.24) is 0 Å². The van der Waals surface area contributed by atoms with Crippen molar-refractivity contribution in [2.75, 3.05) is 0 Å². The van der Waals surface area contributed by atoms with Gasteiger partial charge in [-0.25, -0.2) is 4.39 Å². The standard InChI is InChI=1S/C17H29FO2/c1-8-9-15-16(20-17(6,7)19-15)13(5)14(18)10-12(4)11(2)3/h8-13,15-16H,1-7H3/b9-8+,14-10+/t12-,13-,15+,16-/m1/s1. The monoisotopic (exact) mass is 284 g/mol. The first-order valence-electron chi connectivity index (χ1n) is 7.53. The zero-order valence-corrected chi connectivity index (χ0v) is 13.8. The molecular weight excluding hydrogens is 255 g/mol. The largest absolute Gasteiger partial charge is 0.344 e. The Bertz CT molecular complexity index is 371. The van der Waals surface area contributed by atoms with Crippen LogP contribution >= 0.6 is 0 Å². The Balaban J connectivity index is 2.86. The molecule has 20 heavy (non-hydrogen) atoms. The fourth-order valence-electron chi connectivity index (χ4n) is 2.29. The lowest BCUT2D eigenvalue weighted by atomic mass is 9.92. The van der Waals surface area contributed by atoms with E-state index in [4.69, 9.17) is 9.47 Å². The summed E-state index contributed by atoms with van der Waals surface area (Å²) in [6.07, 6.45) is 5.11. The summed E-state index contributed by atoms with van der Waals surface area (Å²) >= 11 is 0. The first-order valence-corrected chi connectivity index (χ1v) is 7.53. The van der Waals surface area contributed by atoms with Crippen molar-refractivity contribution in [3.63, 3.8) is 0 Å². The number of rotatable bonds is 5. The van der Waals surface area contributed by atoms with Crippen LogP contribution in [0.15, 0.2) is 24.1 Å². The number of halogens is 1. The normalized spacial score (nSPS) is 30.1. The quantitative estimate of drug-likeness (QED) is 0.671. The second kappa shape index (κ2) is 6.86. The maximum absolute atomic E-state index is 14.4. The van der Waals surface area contributed by atoms with Gasteiger partial charge in [0, 0.05) is 5.92 Å². The molecule has 1 aliphatic rings. The van der Waals surface area contributed by atoms with Gasteiger partial charge in [0.1, 0.15) is 11.9 Å². The van der Waals surface area contributed by atoms with Crippen LogP contribution in [-0.2, 0) is 9.47 Å². The Hall–Kier alpha value is -0.670. The fourth-order valence-corrected chi connectivity index (χ4v) is 2.29. The zero-order valence-electron chi connectivity index (χ0n) is 13.8. The van der Waals surface area contributed by atoms with Crippen molar-refractivity contribution in [1.29, 1.82) is 0 Å². The van der Waals surface area contributed by atoms with Crippen molar-refractivity contribution >= 4 is 0 Å². The highest BCUT2D eigenvalue weighted by molar-refractivity contribution is 5.08. The van der Waals surface area contributed by atoms with Gasteiger partial charge in [-0.1, -0.05) is 39.8 Å². The zero-order chi connectivity index (χ0) is 15.5. The van der Waals surface area contributed by atoms with Crippen LogP contribution in [0.5, 0.6) is 0 Å². The van der Waals surface area contributed by atoms with Crippen molar-refractivity contribution in [3.05, 3.63) is 24.1 Å². The molecule has 4 atom stereocenters. The molecule has 0 unspecified atom stereocenters. The van der Waals surface area contributed by atoms with Crippen LogP contribution in [0.1, 0.15) is 48.5 Å². The highest BCUT2D eigenvalue weighted by Gasteiger charge is 2.43. The second-order valence-electron chi connectivity index (χ2n) is 6.53. The van der Waals surface area contributed by atoms with E-state index in [0.717, 1.165) is 0 Å². The van der Waals surface area contributed by atoms with Crippen molar-refractivity contribution in [3.8, 4) is 0 Å². The molecular formula is C17H29FO2. The number of ether oxygens (including phenoxy) is 2. The minimum atomic E-state index is -0.660. The molecule has 0 radical (unpaired) electrons. The molecule has 0 N–H and O–H groups in total. The highest BCUT2D eigenvalue weighted by atomic mass is 19.1. The SMILES string of the molecule is C/C=C/[C@@H]1OC(C)(C)O[C@@H]1[C@H](C)/C(F)=C\[C@@H](C)C(C)C. The highest BCUT2D eigenvalue weighted by Crippen LogP contribution is 2.36. The van der Waals surface area contributed by atoms with E-state index in [1.807, 2.05) is 46.8 Å². The van der Waals surface area contributed by atoms with E-state index in [2.05, 4.69) is 13.8 Å². The average Bonchev–Trinajstić information content (AvgIpc) is 2.63. The lowest BCUT2D eigenvalue weighted by Gasteiger charge is -2.22. The third-order valence-corrected chi connectivity index (χ3v) is 3.95. The third kappa shape index (κ3) is 4.42. The van der Waals surface area contributed by atoms with Gasteiger partial charge in [0.2, 0.25) is 0 Å². The Morgan fingerprint density at radius 1 is 1.15 bits per heavy atom. The van der Waals surface area contributed by atoms with Crippen LogP contribution < -0.4 is 0 Å². The van der Waals surface area contributed by atoms with Crippen molar-refractivity contribution < 1.29 is 13.9 Å². The summed E-state index contributed by atoms with van der Waals surface area (Å²) in [6, 6.07) is 0. The molecule has 116 valence electrons. The van der Waals surface area contributed by atoms with E-state index in [1.165, 1.54) is 0 Å². The van der Waals surface area contributed by atoms with Crippen LogP contribution in [0.2, 0.25) is 0 Å². The van der Waals surface area contributed by atoms with E-state index in [1.54, 1.807) is 6.08 Å². The van der Waals surface area contributed by atoms with Gasteiger partial charge in [-0.05, 0) is 38.7 Å². The Labute approximate surface area is 123 Å². The molecule has 0 aromatic carbocycles. The third-order valence-electron chi connectivity index (χ3n) is 3.95. The number of hydrogen-bond donors (Lipinski definition) is 0. The van der Waals surface area contributed by atoms with Gasteiger partial charge in [-0.15, -0.1) is 0 Å². The molecule has 1 heterocycles. The minimum Gasteiger partial charge on any atom is -0.344 e. The first kappa shape index (κ1) is 17.4. The summed E-state index contributed by atoms with van der Waals surface area (Å²) in [5.74, 6) is -0.428. The Morgan fingerprint density at radius 2 is 1.75 bits per heavy atom. The number of hydrogen-bond acceptors (Lipinski definition) is 2. The van der Waals surface area contributed by atoms with E-state index in [-0.39, 0.29) is 29.9 Å². The van der Waals surface area contributed by atoms with Gasteiger partial charge in [-0.2, -0.15) is 0 Å². The molecule has 1 saturated heterocycles. The van der Waals surface area contributed by atoms with Crippen LogP contribution in [0, 0.1) is 17.8 Å². The Morgan fingerprint density at radius 3 is 2.25 bits per heavy atom. The van der Waals surface area contributed by atoms with E-state index in [9.17, 15) is 4.39 Å². The maximum Gasteiger partial charge on any atom is 0.164 e. The summed E-state index contributed by atoms with van der Waals surface area (Å²) in [6.45, 7) is 13.8. The van der Waals surface area contributed by atoms with E-state index in [0.29, 0.717) is 5.92 Å². The molecule has 0 aromatic heterocycles. The predicted molar refractivity (Wildman–Crippen MR) is 81.0 cm³/mol. The summed E-state index contributed by atoms with van der Waals surface area (Å²) in [5, 5.41) is 0. The van der Waals surface area contributed by atoms with E-state index >= 15 is 0 Å².